The predicted octanol–water partition coefficient (Wildman–Crippen LogP) is 6.83. The molecule has 31 heavy (non-hydrogen) atoms. The molecule has 0 saturated carbocycles. The molecule has 0 aliphatic carbocycles. The monoisotopic (exact) mass is 420 g/mol. The third-order valence-corrected chi connectivity index (χ3v) is 5.42. The van der Waals surface area contributed by atoms with Gasteiger partial charge in [-0.1, -0.05) is 67.0 Å². The molecule has 0 aromatic heterocycles. The number of benzene rings is 2. The van der Waals surface area contributed by atoms with E-state index in [9.17, 15) is 9.90 Å². The first-order valence-corrected chi connectivity index (χ1v) is 11.0. The lowest BCUT2D eigenvalue weighted by Crippen LogP contribution is -2.25. The van der Waals surface area contributed by atoms with E-state index in [0.29, 0.717) is 29.7 Å². The molecule has 1 aliphatic heterocycles. The van der Waals surface area contributed by atoms with Crippen LogP contribution < -0.4 is 4.74 Å². The van der Waals surface area contributed by atoms with Crippen molar-refractivity contribution in [1.82, 2.24) is 0 Å². The fraction of sp³-hybridized carbons (Fsp3) is 0.370. The number of cyclic esters (lactones) is 1. The van der Waals surface area contributed by atoms with Crippen LogP contribution in [0, 0.1) is 0 Å². The molecule has 4 heteroatoms. The van der Waals surface area contributed by atoms with Crippen molar-refractivity contribution < 1.29 is 19.4 Å². The van der Waals surface area contributed by atoms with Gasteiger partial charge in [0.1, 0.15) is 17.1 Å². The summed E-state index contributed by atoms with van der Waals surface area (Å²) in [6.07, 6.45) is 7.47. The molecule has 0 fully saturated rings. The van der Waals surface area contributed by atoms with Gasteiger partial charge in [-0.3, -0.25) is 0 Å². The first-order valence-electron chi connectivity index (χ1n) is 11.0. The molecule has 3 rings (SSSR count). The quantitative estimate of drug-likeness (QED) is 0.376. The van der Waals surface area contributed by atoms with Gasteiger partial charge in [0.15, 0.2) is 0 Å². The Labute approximate surface area is 185 Å². The molecule has 1 heterocycles. The van der Waals surface area contributed by atoms with Gasteiger partial charge in [0, 0.05) is 11.1 Å². The number of ether oxygens (including phenoxy) is 2. The minimum Gasteiger partial charge on any atom is -0.508 e. The Morgan fingerprint density at radius 1 is 1.10 bits per heavy atom. The molecular weight excluding hydrogens is 388 g/mol. The highest BCUT2D eigenvalue weighted by Gasteiger charge is 2.34. The Morgan fingerprint density at radius 3 is 2.52 bits per heavy atom. The van der Waals surface area contributed by atoms with Crippen LogP contribution in [0.25, 0.3) is 0 Å². The summed E-state index contributed by atoms with van der Waals surface area (Å²) in [6, 6.07) is 11.1. The molecule has 0 amide bonds. The lowest BCUT2D eigenvalue weighted by Gasteiger charge is -2.29. The number of hydrogen-bond acceptors (Lipinski definition) is 4. The molecule has 4 nitrogen and oxygen atoms in total. The van der Waals surface area contributed by atoms with E-state index in [-0.39, 0.29) is 5.75 Å². The van der Waals surface area contributed by atoms with Crippen LogP contribution in [0.3, 0.4) is 0 Å². The molecule has 164 valence electrons. The lowest BCUT2D eigenvalue weighted by atomic mass is 9.94. The first kappa shape index (κ1) is 22.7. The van der Waals surface area contributed by atoms with Crippen molar-refractivity contribution in [3.63, 3.8) is 0 Å². The van der Waals surface area contributed by atoms with E-state index < -0.39 is 12.3 Å². The maximum Gasteiger partial charge on any atom is 0.345 e. The summed E-state index contributed by atoms with van der Waals surface area (Å²) in [5.74, 6) is 0.211. The zero-order valence-electron chi connectivity index (χ0n) is 18.9. The highest BCUT2D eigenvalue weighted by molar-refractivity contribution is 5.96. The van der Waals surface area contributed by atoms with Crippen LogP contribution in [0.2, 0.25) is 0 Å². The third-order valence-electron chi connectivity index (χ3n) is 5.42. The molecule has 0 bridgehead atoms. The topological polar surface area (TPSA) is 55.8 Å². The fourth-order valence-electron chi connectivity index (χ4n) is 3.76. The van der Waals surface area contributed by atoms with Gasteiger partial charge in [-0.05, 0) is 58.1 Å². The Bertz CT molecular complexity index is 982. The lowest BCUT2D eigenvalue weighted by molar-refractivity contribution is -0.0631. The molecule has 1 aliphatic rings. The van der Waals surface area contributed by atoms with Gasteiger partial charge in [0.05, 0.1) is 0 Å². The van der Waals surface area contributed by atoms with Crippen LogP contribution in [-0.4, -0.2) is 11.1 Å². The van der Waals surface area contributed by atoms with Gasteiger partial charge in [0.25, 0.3) is 6.29 Å². The van der Waals surface area contributed by atoms with Crippen LogP contribution >= 0.6 is 0 Å². The Kier molecular flexibility index (Phi) is 7.56. The second-order valence-corrected chi connectivity index (χ2v) is 8.33. The van der Waals surface area contributed by atoms with Crippen molar-refractivity contribution in [3.8, 4) is 11.5 Å². The summed E-state index contributed by atoms with van der Waals surface area (Å²) in [4.78, 5) is 13.0. The number of phenols is 1. The van der Waals surface area contributed by atoms with E-state index >= 15 is 0 Å². The average molecular weight is 421 g/mol. The molecule has 0 spiro atoms. The number of carbonyl (C=O) groups is 1. The molecule has 2 aromatic carbocycles. The van der Waals surface area contributed by atoms with E-state index in [2.05, 4.69) is 32.9 Å². The first-order chi connectivity index (χ1) is 14.9. The Balaban J connectivity index is 1.96. The second kappa shape index (κ2) is 10.3. The van der Waals surface area contributed by atoms with Crippen molar-refractivity contribution in [2.24, 2.45) is 0 Å². The SMILES string of the molecule is CCCc1cc(O)c(CC=C(C)CCC=C(C)C)c2c1C(=O)OC(c1ccccc1)O2. The number of hydrogen-bond donors (Lipinski definition) is 1. The zero-order valence-corrected chi connectivity index (χ0v) is 18.9. The van der Waals surface area contributed by atoms with Gasteiger partial charge in [-0.25, -0.2) is 4.79 Å². The largest absolute Gasteiger partial charge is 0.508 e. The summed E-state index contributed by atoms with van der Waals surface area (Å²) in [5.41, 5.74) is 5.15. The van der Waals surface area contributed by atoms with Crippen LogP contribution in [0.5, 0.6) is 11.5 Å². The van der Waals surface area contributed by atoms with Crippen molar-refractivity contribution in [3.05, 3.63) is 82.0 Å². The number of carbonyl (C=O) groups excluding carboxylic acids is 1. The van der Waals surface area contributed by atoms with Crippen LogP contribution in [-0.2, 0) is 17.6 Å². The van der Waals surface area contributed by atoms with Crippen molar-refractivity contribution in [2.75, 3.05) is 0 Å². The highest BCUT2D eigenvalue weighted by Crippen LogP contribution is 2.42. The maximum atomic E-state index is 13.0. The second-order valence-electron chi connectivity index (χ2n) is 8.33. The fourth-order valence-corrected chi connectivity index (χ4v) is 3.76. The summed E-state index contributed by atoms with van der Waals surface area (Å²) < 4.78 is 11.8. The standard InChI is InChI=1S/C27H32O4/c1-5-10-21-17-23(28)22(16-15-19(4)12-9-11-18(2)3)25-24(21)26(29)31-27(30-25)20-13-7-6-8-14-20/h6-8,11,13-15,17,27-28H,5,9-10,12,16H2,1-4H3. The molecule has 0 radical (unpaired) electrons. The van der Waals surface area contributed by atoms with E-state index in [0.717, 1.165) is 30.4 Å². The zero-order chi connectivity index (χ0) is 22.4. The molecular formula is C27H32O4. The average Bonchev–Trinajstić information content (AvgIpc) is 2.73. The van der Waals surface area contributed by atoms with Gasteiger partial charge >= 0.3 is 5.97 Å². The Hall–Kier alpha value is -3.01. The summed E-state index contributed by atoms with van der Waals surface area (Å²) in [7, 11) is 0. The minimum atomic E-state index is -0.820. The third kappa shape index (κ3) is 5.57. The van der Waals surface area contributed by atoms with E-state index in [1.54, 1.807) is 6.07 Å². The number of phenolic OH excluding ortho intramolecular Hbond substituents is 1. The van der Waals surface area contributed by atoms with Crippen LogP contribution in [0.15, 0.2) is 59.7 Å². The number of allylic oxidation sites excluding steroid dienone is 4. The van der Waals surface area contributed by atoms with Gasteiger partial charge < -0.3 is 14.6 Å². The molecule has 0 saturated heterocycles. The highest BCUT2D eigenvalue weighted by atomic mass is 16.7. The number of aromatic hydroxyl groups is 1. The normalized spacial score (nSPS) is 15.7. The van der Waals surface area contributed by atoms with E-state index in [1.807, 2.05) is 37.3 Å². The maximum absolute atomic E-state index is 13.0. The summed E-state index contributed by atoms with van der Waals surface area (Å²) in [5, 5.41) is 10.8. The van der Waals surface area contributed by atoms with Crippen LogP contribution in [0.1, 0.15) is 80.3 Å². The Morgan fingerprint density at radius 2 is 1.84 bits per heavy atom. The smallest absolute Gasteiger partial charge is 0.345 e. The van der Waals surface area contributed by atoms with Crippen molar-refractivity contribution >= 4 is 5.97 Å². The van der Waals surface area contributed by atoms with Gasteiger partial charge in [-0.15, -0.1) is 0 Å². The van der Waals surface area contributed by atoms with Crippen molar-refractivity contribution in [2.45, 2.75) is 66.1 Å². The number of esters is 1. The van der Waals surface area contributed by atoms with Crippen molar-refractivity contribution in [1.29, 1.82) is 0 Å². The number of rotatable bonds is 8. The summed E-state index contributed by atoms with van der Waals surface area (Å²) in [6.45, 7) is 8.33. The van der Waals surface area contributed by atoms with Gasteiger partial charge in [-0.2, -0.15) is 0 Å². The molecule has 1 N–H and O–H groups in total. The van der Waals surface area contributed by atoms with E-state index in [4.69, 9.17) is 9.47 Å². The molecule has 1 unspecified atom stereocenters. The minimum absolute atomic E-state index is 0.164. The summed E-state index contributed by atoms with van der Waals surface area (Å²) >= 11 is 0. The molecule has 2 aromatic rings. The number of fused-ring (bicyclic) bond motifs is 1. The van der Waals surface area contributed by atoms with E-state index in [1.165, 1.54) is 11.1 Å². The van der Waals surface area contributed by atoms with Gasteiger partial charge in [0.2, 0.25) is 0 Å². The predicted molar refractivity (Wildman–Crippen MR) is 123 cm³/mol. The number of aryl methyl sites for hydroxylation is 1. The molecule has 1 atom stereocenters. The van der Waals surface area contributed by atoms with Crippen LogP contribution in [0.4, 0.5) is 0 Å².